The van der Waals surface area contributed by atoms with Crippen LogP contribution in [0.1, 0.15) is 67.3 Å². The predicted molar refractivity (Wildman–Crippen MR) is 133 cm³/mol. The zero-order valence-electron chi connectivity index (χ0n) is 20.2. The lowest BCUT2D eigenvalue weighted by Crippen LogP contribution is -2.35. The molecule has 2 heterocycles. The molecule has 1 aliphatic carbocycles. The molecule has 0 radical (unpaired) electrons. The first-order valence-electron chi connectivity index (χ1n) is 12.9. The number of rotatable bonds is 9. The first-order chi connectivity index (χ1) is 16.8. The van der Waals surface area contributed by atoms with Crippen LogP contribution in [-0.4, -0.2) is 51.3 Å². The van der Waals surface area contributed by atoms with Crippen LogP contribution < -0.4 is 24.8 Å². The summed E-state index contributed by atoms with van der Waals surface area (Å²) in [6, 6.07) is 10.5. The minimum absolute atomic E-state index is 0.0194. The number of benzene rings is 2. The van der Waals surface area contributed by atoms with Crippen LogP contribution in [0.5, 0.6) is 17.2 Å². The van der Waals surface area contributed by atoms with E-state index >= 15 is 0 Å². The smallest absolute Gasteiger partial charge is 0.198 e. The quantitative estimate of drug-likeness (QED) is 0.477. The van der Waals surface area contributed by atoms with Gasteiger partial charge in [-0.25, -0.2) is 0 Å². The number of nitrogens with one attached hydrogen (secondary N) is 2. The number of methoxy groups -OCH3 is 1. The van der Waals surface area contributed by atoms with Crippen molar-refractivity contribution in [3.05, 3.63) is 41.5 Å². The van der Waals surface area contributed by atoms with Gasteiger partial charge in [0.25, 0.3) is 0 Å². The Hall–Kier alpha value is -2.57. The summed E-state index contributed by atoms with van der Waals surface area (Å²) in [4.78, 5) is 13.5. The van der Waals surface area contributed by atoms with Crippen molar-refractivity contribution in [2.24, 2.45) is 0 Å². The third-order valence-electron chi connectivity index (χ3n) is 7.37. The summed E-state index contributed by atoms with van der Waals surface area (Å²) in [6.45, 7) is 3.36. The standard InChI is InChI=1S/C28H36N2O4/c1-32-22-11-12-24(34-18-14-20-8-3-5-16-30-20)27-26(22)25-21(28(27)31)9-6-10-23(25)33-17-13-19-7-2-4-15-29-19/h6,9-12,19-20,29-30H,2-5,7-8,13-18H2,1H3. The van der Waals surface area contributed by atoms with Crippen LogP contribution in [0.2, 0.25) is 0 Å². The Bertz CT molecular complexity index is 1010. The second kappa shape index (κ2) is 10.8. The second-order valence-corrected chi connectivity index (χ2v) is 9.59. The lowest BCUT2D eigenvalue weighted by atomic mass is 10.0. The fourth-order valence-corrected chi connectivity index (χ4v) is 5.52. The Kier molecular flexibility index (Phi) is 7.36. The molecule has 182 valence electrons. The van der Waals surface area contributed by atoms with Crippen molar-refractivity contribution in [3.63, 3.8) is 0 Å². The van der Waals surface area contributed by atoms with Gasteiger partial charge in [0, 0.05) is 28.8 Å². The molecule has 2 unspecified atom stereocenters. The third-order valence-corrected chi connectivity index (χ3v) is 7.37. The second-order valence-electron chi connectivity index (χ2n) is 9.59. The van der Waals surface area contributed by atoms with Crippen LogP contribution in [0.4, 0.5) is 0 Å². The van der Waals surface area contributed by atoms with E-state index in [4.69, 9.17) is 14.2 Å². The number of carbonyl (C=O) groups excluding carboxylic acids is 1. The van der Waals surface area contributed by atoms with Crippen molar-refractivity contribution < 1.29 is 19.0 Å². The molecule has 2 aromatic rings. The summed E-state index contributed by atoms with van der Waals surface area (Å²) in [7, 11) is 1.64. The Morgan fingerprint density at radius 3 is 1.97 bits per heavy atom. The highest BCUT2D eigenvalue weighted by Gasteiger charge is 2.35. The van der Waals surface area contributed by atoms with Gasteiger partial charge in [-0.05, 0) is 69.8 Å². The lowest BCUT2D eigenvalue weighted by Gasteiger charge is -2.24. The molecule has 2 aliphatic heterocycles. The van der Waals surface area contributed by atoms with Gasteiger partial charge < -0.3 is 24.8 Å². The van der Waals surface area contributed by atoms with Crippen molar-refractivity contribution >= 4 is 5.78 Å². The molecule has 0 aromatic heterocycles. The van der Waals surface area contributed by atoms with Crippen molar-refractivity contribution in [2.75, 3.05) is 33.4 Å². The van der Waals surface area contributed by atoms with E-state index in [1.165, 1.54) is 38.5 Å². The molecule has 0 spiro atoms. The van der Waals surface area contributed by atoms with Gasteiger partial charge in [0.15, 0.2) is 5.78 Å². The van der Waals surface area contributed by atoms with Gasteiger partial charge in [0.05, 0.1) is 25.9 Å². The molecule has 0 bridgehead atoms. The van der Waals surface area contributed by atoms with E-state index in [-0.39, 0.29) is 5.78 Å². The Morgan fingerprint density at radius 2 is 1.38 bits per heavy atom. The maximum atomic E-state index is 13.5. The summed E-state index contributed by atoms with van der Waals surface area (Å²) in [5, 5.41) is 7.14. The maximum absolute atomic E-state index is 13.5. The number of piperidine rings is 2. The summed E-state index contributed by atoms with van der Waals surface area (Å²) in [5.74, 6) is 2.02. The van der Waals surface area contributed by atoms with Crippen LogP contribution in [0.3, 0.4) is 0 Å². The van der Waals surface area contributed by atoms with Gasteiger partial charge in [0.2, 0.25) is 0 Å². The molecule has 3 aliphatic rings. The molecule has 2 saturated heterocycles. The molecule has 6 heteroatoms. The number of fused-ring (bicyclic) bond motifs is 3. The summed E-state index contributed by atoms with van der Waals surface area (Å²) in [5.41, 5.74) is 2.88. The fourth-order valence-electron chi connectivity index (χ4n) is 5.52. The fraction of sp³-hybridized carbons (Fsp3) is 0.536. The van der Waals surface area contributed by atoms with E-state index < -0.39 is 0 Å². The van der Waals surface area contributed by atoms with E-state index in [0.717, 1.165) is 42.8 Å². The highest BCUT2D eigenvalue weighted by Crippen LogP contribution is 2.50. The SMILES string of the molecule is COc1ccc(OCCC2CCCCN2)c2c1-c1c(OCCC3CCCCN3)cccc1C2=O. The molecule has 2 fully saturated rings. The van der Waals surface area contributed by atoms with E-state index in [2.05, 4.69) is 10.6 Å². The van der Waals surface area contributed by atoms with E-state index in [1.54, 1.807) is 7.11 Å². The number of ether oxygens (including phenoxy) is 3. The first kappa shape index (κ1) is 23.2. The maximum Gasteiger partial charge on any atom is 0.198 e. The van der Waals surface area contributed by atoms with E-state index in [9.17, 15) is 4.79 Å². The number of carbonyl (C=O) groups is 1. The molecule has 6 nitrogen and oxygen atoms in total. The number of hydrogen-bond donors (Lipinski definition) is 2. The van der Waals surface area contributed by atoms with Gasteiger partial charge in [-0.3, -0.25) is 4.79 Å². The minimum atomic E-state index is -0.0194. The lowest BCUT2D eigenvalue weighted by molar-refractivity contribution is 0.103. The number of ketones is 1. The highest BCUT2D eigenvalue weighted by atomic mass is 16.5. The molecule has 2 atom stereocenters. The molecular formula is C28H36N2O4. The Labute approximate surface area is 202 Å². The monoisotopic (exact) mass is 464 g/mol. The van der Waals surface area contributed by atoms with Crippen LogP contribution in [0.25, 0.3) is 11.1 Å². The third kappa shape index (κ3) is 4.80. The molecule has 2 N–H and O–H groups in total. The predicted octanol–water partition coefficient (Wildman–Crippen LogP) is 4.73. The topological polar surface area (TPSA) is 68.8 Å². The summed E-state index contributed by atoms with van der Waals surface area (Å²) < 4.78 is 18.1. The van der Waals surface area contributed by atoms with Crippen LogP contribution >= 0.6 is 0 Å². The summed E-state index contributed by atoms with van der Waals surface area (Å²) >= 11 is 0. The Morgan fingerprint density at radius 1 is 0.765 bits per heavy atom. The van der Waals surface area contributed by atoms with E-state index in [0.29, 0.717) is 47.9 Å². The molecule has 5 rings (SSSR count). The molecule has 34 heavy (non-hydrogen) atoms. The van der Waals surface area contributed by atoms with Gasteiger partial charge in [0.1, 0.15) is 17.2 Å². The normalized spacial score (nSPS) is 21.6. The van der Waals surface area contributed by atoms with Crippen LogP contribution in [-0.2, 0) is 0 Å². The van der Waals surface area contributed by atoms with E-state index in [1.807, 2.05) is 30.3 Å². The molecule has 0 saturated carbocycles. The van der Waals surface area contributed by atoms with Crippen molar-refractivity contribution in [1.82, 2.24) is 10.6 Å². The number of hydrogen-bond acceptors (Lipinski definition) is 6. The molecular weight excluding hydrogens is 428 g/mol. The Balaban J connectivity index is 1.36. The van der Waals surface area contributed by atoms with Crippen LogP contribution in [0, 0.1) is 0 Å². The van der Waals surface area contributed by atoms with Gasteiger partial charge in [-0.1, -0.05) is 25.0 Å². The molecule has 0 amide bonds. The summed E-state index contributed by atoms with van der Waals surface area (Å²) in [6.07, 6.45) is 9.32. The first-order valence-corrected chi connectivity index (χ1v) is 12.9. The van der Waals surface area contributed by atoms with Gasteiger partial charge in [-0.15, -0.1) is 0 Å². The van der Waals surface area contributed by atoms with Gasteiger partial charge in [-0.2, -0.15) is 0 Å². The van der Waals surface area contributed by atoms with Crippen LogP contribution in [0.15, 0.2) is 30.3 Å². The van der Waals surface area contributed by atoms with Crippen molar-refractivity contribution in [3.8, 4) is 28.4 Å². The highest BCUT2D eigenvalue weighted by molar-refractivity contribution is 6.25. The zero-order chi connectivity index (χ0) is 23.3. The van der Waals surface area contributed by atoms with Gasteiger partial charge >= 0.3 is 0 Å². The average Bonchev–Trinajstić information content (AvgIpc) is 3.19. The average molecular weight is 465 g/mol. The van der Waals surface area contributed by atoms with Crippen molar-refractivity contribution in [2.45, 2.75) is 63.5 Å². The van der Waals surface area contributed by atoms with Crippen molar-refractivity contribution in [1.29, 1.82) is 0 Å². The molecule has 2 aromatic carbocycles. The minimum Gasteiger partial charge on any atom is -0.496 e. The largest absolute Gasteiger partial charge is 0.496 e. The zero-order valence-corrected chi connectivity index (χ0v) is 20.2.